The van der Waals surface area contributed by atoms with E-state index in [2.05, 4.69) is 25.9 Å². The number of aromatic nitrogens is 2. The van der Waals surface area contributed by atoms with Crippen LogP contribution in [0.1, 0.15) is 0 Å². The largest absolute Gasteiger partial charge is 0.255 e. The monoisotopic (exact) mass is 242 g/mol. The lowest BCUT2D eigenvalue weighted by molar-refractivity contribution is 1.27. The zero-order valence-electron chi connectivity index (χ0n) is 5.96. The molecule has 0 unspecified atom stereocenters. The second kappa shape index (κ2) is 2.99. The highest BCUT2D eigenvalue weighted by Crippen LogP contribution is 2.22. The lowest BCUT2D eigenvalue weighted by Crippen LogP contribution is -1.81. The lowest BCUT2D eigenvalue weighted by atomic mass is 10.3. The van der Waals surface area contributed by atoms with Crippen LogP contribution in [0.5, 0.6) is 0 Å². The molecular weight excluding hydrogens is 239 g/mol. The molecule has 4 heteroatoms. The third-order valence-electron chi connectivity index (χ3n) is 1.54. The van der Waals surface area contributed by atoms with Crippen molar-refractivity contribution < 1.29 is 0 Å². The van der Waals surface area contributed by atoms with E-state index in [1.54, 1.807) is 18.5 Å². The van der Waals surface area contributed by atoms with E-state index >= 15 is 0 Å². The van der Waals surface area contributed by atoms with Crippen LogP contribution >= 0.6 is 27.5 Å². The van der Waals surface area contributed by atoms with Crippen LogP contribution in [0.3, 0.4) is 0 Å². The molecule has 2 aromatic rings. The third-order valence-corrected chi connectivity index (χ3v) is 2.30. The second-order valence-electron chi connectivity index (χ2n) is 2.32. The minimum absolute atomic E-state index is 0.697. The molecule has 2 nitrogen and oxygen atoms in total. The van der Waals surface area contributed by atoms with Crippen LogP contribution in [-0.4, -0.2) is 9.97 Å². The number of nitrogens with zero attached hydrogens (tertiary/aromatic N) is 2. The SMILES string of the molecule is Clc1ccnc2cnc(Br)cc12. The Morgan fingerprint density at radius 2 is 2.17 bits per heavy atom. The molecule has 0 fully saturated rings. The van der Waals surface area contributed by atoms with Gasteiger partial charge in [0.25, 0.3) is 0 Å². The van der Waals surface area contributed by atoms with Gasteiger partial charge in [0.15, 0.2) is 0 Å². The van der Waals surface area contributed by atoms with Crippen molar-refractivity contribution in [2.45, 2.75) is 0 Å². The molecule has 0 aliphatic rings. The molecule has 0 aliphatic heterocycles. The molecule has 0 amide bonds. The smallest absolute Gasteiger partial charge is 0.106 e. The van der Waals surface area contributed by atoms with E-state index in [1.807, 2.05) is 6.07 Å². The topological polar surface area (TPSA) is 25.8 Å². The van der Waals surface area contributed by atoms with E-state index in [1.165, 1.54) is 0 Å². The van der Waals surface area contributed by atoms with Gasteiger partial charge in [0, 0.05) is 11.6 Å². The summed E-state index contributed by atoms with van der Waals surface area (Å²) in [5.41, 5.74) is 0.811. The van der Waals surface area contributed by atoms with Crippen LogP contribution in [0.15, 0.2) is 29.1 Å². The van der Waals surface area contributed by atoms with Gasteiger partial charge in [-0.15, -0.1) is 0 Å². The Labute approximate surface area is 82.7 Å². The zero-order chi connectivity index (χ0) is 8.55. The molecular formula is C8H4BrClN2. The van der Waals surface area contributed by atoms with Gasteiger partial charge in [-0.3, -0.25) is 4.98 Å². The summed E-state index contributed by atoms with van der Waals surface area (Å²) in [4.78, 5) is 8.16. The molecule has 2 heterocycles. The maximum Gasteiger partial charge on any atom is 0.106 e. The van der Waals surface area contributed by atoms with Crippen molar-refractivity contribution in [3.63, 3.8) is 0 Å². The van der Waals surface area contributed by atoms with Gasteiger partial charge in [-0.05, 0) is 28.1 Å². The summed E-state index contributed by atoms with van der Waals surface area (Å²) in [6.07, 6.45) is 3.35. The number of rotatable bonds is 0. The Morgan fingerprint density at radius 3 is 3.00 bits per heavy atom. The van der Waals surface area contributed by atoms with Crippen molar-refractivity contribution in [3.8, 4) is 0 Å². The van der Waals surface area contributed by atoms with Crippen molar-refractivity contribution in [2.75, 3.05) is 0 Å². The van der Waals surface area contributed by atoms with Crippen molar-refractivity contribution in [3.05, 3.63) is 34.2 Å². The summed E-state index contributed by atoms with van der Waals surface area (Å²) in [5.74, 6) is 0. The van der Waals surface area contributed by atoms with Crippen LogP contribution in [-0.2, 0) is 0 Å². The van der Waals surface area contributed by atoms with Crippen molar-refractivity contribution in [1.82, 2.24) is 9.97 Å². The normalized spacial score (nSPS) is 10.5. The molecule has 0 aliphatic carbocycles. The second-order valence-corrected chi connectivity index (χ2v) is 3.54. The number of hydrogen-bond acceptors (Lipinski definition) is 2. The highest BCUT2D eigenvalue weighted by molar-refractivity contribution is 9.10. The molecule has 2 rings (SSSR count). The Balaban J connectivity index is 2.88. The fourth-order valence-corrected chi connectivity index (χ4v) is 1.53. The van der Waals surface area contributed by atoms with E-state index in [9.17, 15) is 0 Å². The molecule has 0 aromatic carbocycles. The summed E-state index contributed by atoms with van der Waals surface area (Å²) in [6, 6.07) is 3.61. The maximum atomic E-state index is 5.94. The van der Waals surface area contributed by atoms with Gasteiger partial charge >= 0.3 is 0 Å². The molecule has 12 heavy (non-hydrogen) atoms. The first-order valence-corrected chi connectivity index (χ1v) is 4.50. The van der Waals surface area contributed by atoms with Crippen molar-refractivity contribution in [1.29, 1.82) is 0 Å². The van der Waals surface area contributed by atoms with Crippen LogP contribution in [0, 0.1) is 0 Å². The molecule has 0 atom stereocenters. The third kappa shape index (κ3) is 1.30. The van der Waals surface area contributed by atoms with Crippen LogP contribution < -0.4 is 0 Å². The maximum absolute atomic E-state index is 5.94. The molecule has 0 saturated carbocycles. The van der Waals surface area contributed by atoms with E-state index in [0.717, 1.165) is 15.5 Å². The number of pyridine rings is 2. The van der Waals surface area contributed by atoms with Gasteiger partial charge in [0.2, 0.25) is 0 Å². The van der Waals surface area contributed by atoms with E-state index < -0.39 is 0 Å². The average molecular weight is 243 g/mol. The van der Waals surface area contributed by atoms with Gasteiger partial charge in [-0.1, -0.05) is 11.6 Å². The number of fused-ring (bicyclic) bond motifs is 1. The predicted octanol–water partition coefficient (Wildman–Crippen LogP) is 3.05. The molecule has 0 spiro atoms. The summed E-state index contributed by atoms with van der Waals surface area (Å²) in [7, 11) is 0. The standard InChI is InChI=1S/C8H4BrClN2/c9-8-3-5-6(10)1-2-11-7(5)4-12-8/h1-4H. The first-order valence-electron chi connectivity index (χ1n) is 3.33. The summed E-state index contributed by atoms with van der Waals surface area (Å²) >= 11 is 9.21. The lowest BCUT2D eigenvalue weighted by Gasteiger charge is -1.97. The summed E-state index contributed by atoms with van der Waals surface area (Å²) in [5, 5.41) is 1.61. The van der Waals surface area contributed by atoms with Crippen LogP contribution in [0.4, 0.5) is 0 Å². The first-order chi connectivity index (χ1) is 5.77. The summed E-state index contributed by atoms with van der Waals surface area (Å²) < 4.78 is 0.768. The zero-order valence-corrected chi connectivity index (χ0v) is 8.30. The Morgan fingerprint density at radius 1 is 1.33 bits per heavy atom. The Bertz CT molecular complexity index is 430. The summed E-state index contributed by atoms with van der Waals surface area (Å²) in [6.45, 7) is 0. The molecule has 2 aromatic heterocycles. The van der Waals surface area contributed by atoms with Gasteiger partial charge in [0.1, 0.15) is 4.60 Å². The number of halogens is 2. The van der Waals surface area contributed by atoms with E-state index in [0.29, 0.717) is 5.02 Å². The Kier molecular flexibility index (Phi) is 1.98. The fourth-order valence-electron chi connectivity index (χ4n) is 0.990. The predicted molar refractivity (Wildman–Crippen MR) is 52.2 cm³/mol. The van der Waals surface area contributed by atoms with Crippen molar-refractivity contribution >= 4 is 38.4 Å². The minimum Gasteiger partial charge on any atom is -0.255 e. The molecule has 60 valence electrons. The quantitative estimate of drug-likeness (QED) is 0.665. The van der Waals surface area contributed by atoms with E-state index in [4.69, 9.17) is 11.6 Å². The highest BCUT2D eigenvalue weighted by Gasteiger charge is 1.99. The molecule has 0 saturated heterocycles. The van der Waals surface area contributed by atoms with Crippen LogP contribution in [0.2, 0.25) is 5.02 Å². The van der Waals surface area contributed by atoms with Crippen molar-refractivity contribution in [2.24, 2.45) is 0 Å². The first kappa shape index (κ1) is 7.95. The molecule has 0 bridgehead atoms. The van der Waals surface area contributed by atoms with Gasteiger partial charge in [-0.25, -0.2) is 4.98 Å². The minimum atomic E-state index is 0.697. The van der Waals surface area contributed by atoms with Gasteiger partial charge in [0.05, 0.1) is 16.7 Å². The van der Waals surface area contributed by atoms with Crippen LogP contribution in [0.25, 0.3) is 10.9 Å². The van der Waals surface area contributed by atoms with E-state index in [-0.39, 0.29) is 0 Å². The number of hydrogen-bond donors (Lipinski definition) is 0. The fraction of sp³-hybridized carbons (Fsp3) is 0. The van der Waals surface area contributed by atoms with Gasteiger partial charge in [-0.2, -0.15) is 0 Å². The Hall–Kier alpha value is -0.670. The molecule has 0 radical (unpaired) electrons. The highest BCUT2D eigenvalue weighted by atomic mass is 79.9. The average Bonchev–Trinajstić information content (AvgIpc) is 2.07. The molecule has 0 N–H and O–H groups in total. The van der Waals surface area contributed by atoms with Gasteiger partial charge < -0.3 is 0 Å².